The maximum absolute atomic E-state index is 6.92. The molecule has 2 nitrogen and oxygen atoms in total. The van der Waals surface area contributed by atoms with E-state index < -0.39 is 0 Å². The van der Waals surface area contributed by atoms with E-state index in [-0.39, 0.29) is 5.41 Å². The monoisotopic (exact) mass is 460 g/mol. The first-order valence-electron chi connectivity index (χ1n) is 12.8. The molecule has 0 amide bonds. The van der Waals surface area contributed by atoms with Crippen molar-refractivity contribution in [2.45, 2.75) is 53.9 Å². The van der Waals surface area contributed by atoms with Crippen LogP contribution in [0, 0.1) is 12.3 Å². The van der Waals surface area contributed by atoms with Crippen LogP contribution in [0.15, 0.2) is 60.8 Å². The molecule has 1 aromatic heterocycles. The van der Waals surface area contributed by atoms with Crippen molar-refractivity contribution in [2.24, 2.45) is 12.5 Å². The summed E-state index contributed by atoms with van der Waals surface area (Å²) < 4.78 is 9.21. The second-order valence-corrected chi connectivity index (χ2v) is 11.7. The molecule has 0 saturated carbocycles. The Kier molecular flexibility index (Phi) is 4.77. The lowest BCUT2D eigenvalue weighted by Gasteiger charge is -2.27. The number of benzene rings is 4. The minimum absolute atomic E-state index is 0.212. The highest BCUT2D eigenvalue weighted by Crippen LogP contribution is 2.53. The zero-order valence-corrected chi connectivity index (χ0v) is 21.9. The molecule has 0 fully saturated rings. The Morgan fingerprint density at radius 1 is 0.886 bits per heavy atom. The first kappa shape index (κ1) is 22.1. The van der Waals surface area contributed by atoms with Crippen LogP contribution in [-0.2, 0) is 13.5 Å². The van der Waals surface area contributed by atoms with Gasteiger partial charge in [0.05, 0.1) is 10.9 Å². The SMILES string of the molecule is Cc1c2c(c(C(C)C)c3ccccc13)Oc1cc3cccc(CC(C)(C)C)c3c3cc[n+](C)c-2c13. The van der Waals surface area contributed by atoms with Crippen LogP contribution in [0.5, 0.6) is 11.5 Å². The first-order valence-corrected chi connectivity index (χ1v) is 12.8. The number of ether oxygens (including phenoxy) is 1. The third-order valence-electron chi connectivity index (χ3n) is 7.52. The Balaban J connectivity index is 1.80. The molecule has 0 bridgehead atoms. The average Bonchev–Trinajstić information content (AvgIpc) is 2.79. The molecule has 5 aromatic rings. The summed E-state index contributed by atoms with van der Waals surface area (Å²) >= 11 is 0. The maximum Gasteiger partial charge on any atom is 0.228 e. The molecule has 6 rings (SSSR count). The van der Waals surface area contributed by atoms with Crippen molar-refractivity contribution in [1.29, 1.82) is 0 Å². The molecule has 4 aromatic carbocycles. The van der Waals surface area contributed by atoms with Crippen molar-refractivity contribution in [3.8, 4) is 22.8 Å². The molecule has 0 saturated heterocycles. The van der Waals surface area contributed by atoms with E-state index in [1.807, 2.05) is 0 Å². The van der Waals surface area contributed by atoms with E-state index in [1.54, 1.807) is 0 Å². The summed E-state index contributed by atoms with van der Waals surface area (Å²) in [5, 5.41) is 7.73. The Bertz CT molecular complexity index is 1670. The first-order chi connectivity index (χ1) is 16.7. The second-order valence-electron chi connectivity index (χ2n) is 11.7. The minimum Gasteiger partial charge on any atom is -0.455 e. The standard InChI is InChI=1S/C33H34NO/c1-19(2)27-24-14-9-8-13-23(24)20(3)28-31-30-25(15-16-34(31)7)29-21(17-26(30)35-32(27)28)11-10-12-22(29)18-33(4,5)6/h8-17,19H,18H2,1-7H3/q+1. The lowest BCUT2D eigenvalue weighted by molar-refractivity contribution is -0.659. The van der Waals surface area contributed by atoms with Crippen LogP contribution in [-0.4, -0.2) is 0 Å². The molecule has 176 valence electrons. The van der Waals surface area contributed by atoms with Gasteiger partial charge in [-0.2, -0.15) is 0 Å². The number of aryl methyl sites for hydroxylation is 2. The number of rotatable bonds is 2. The number of fused-ring (bicyclic) bond motifs is 5. The van der Waals surface area contributed by atoms with Gasteiger partial charge in [-0.1, -0.05) is 77.1 Å². The van der Waals surface area contributed by atoms with E-state index >= 15 is 0 Å². The van der Waals surface area contributed by atoms with Crippen molar-refractivity contribution >= 4 is 32.3 Å². The van der Waals surface area contributed by atoms with Crippen LogP contribution in [0.3, 0.4) is 0 Å². The highest BCUT2D eigenvalue weighted by atomic mass is 16.5. The van der Waals surface area contributed by atoms with E-state index in [4.69, 9.17) is 4.74 Å². The van der Waals surface area contributed by atoms with Gasteiger partial charge in [-0.25, -0.2) is 4.57 Å². The van der Waals surface area contributed by atoms with Gasteiger partial charge >= 0.3 is 0 Å². The summed E-state index contributed by atoms with van der Waals surface area (Å²) in [6, 6.07) is 20.1. The van der Waals surface area contributed by atoms with E-state index in [1.165, 1.54) is 60.3 Å². The van der Waals surface area contributed by atoms with Gasteiger partial charge in [0.25, 0.3) is 0 Å². The summed E-state index contributed by atoms with van der Waals surface area (Å²) in [7, 11) is 2.17. The lowest BCUT2D eigenvalue weighted by Crippen LogP contribution is -2.32. The zero-order chi connectivity index (χ0) is 24.6. The predicted molar refractivity (Wildman–Crippen MR) is 148 cm³/mol. The molecule has 0 aliphatic carbocycles. The Hall–Kier alpha value is -3.39. The van der Waals surface area contributed by atoms with Crippen molar-refractivity contribution in [3.63, 3.8) is 0 Å². The molecule has 0 N–H and O–H groups in total. The highest BCUT2D eigenvalue weighted by molar-refractivity contribution is 6.17. The quantitative estimate of drug-likeness (QED) is 0.186. The normalized spacial score (nSPS) is 13.0. The summed E-state index contributed by atoms with van der Waals surface area (Å²) in [4.78, 5) is 0. The van der Waals surface area contributed by atoms with Crippen molar-refractivity contribution in [2.75, 3.05) is 0 Å². The Morgan fingerprint density at radius 3 is 2.34 bits per heavy atom. The number of nitrogens with zero attached hydrogens (tertiary/aromatic N) is 1. The molecule has 2 heteroatoms. The number of pyridine rings is 1. The molecule has 0 spiro atoms. The molecular weight excluding hydrogens is 426 g/mol. The summed E-state index contributed by atoms with van der Waals surface area (Å²) in [6.07, 6.45) is 3.27. The van der Waals surface area contributed by atoms with E-state index in [9.17, 15) is 0 Å². The molecule has 0 unspecified atom stereocenters. The number of hydrogen-bond acceptors (Lipinski definition) is 1. The van der Waals surface area contributed by atoms with Crippen molar-refractivity contribution in [1.82, 2.24) is 0 Å². The molecular formula is C33H34NO+. The van der Waals surface area contributed by atoms with Gasteiger partial charge in [-0.3, -0.25) is 0 Å². The zero-order valence-electron chi connectivity index (χ0n) is 21.9. The van der Waals surface area contributed by atoms with Gasteiger partial charge in [0, 0.05) is 17.0 Å². The minimum atomic E-state index is 0.212. The third-order valence-corrected chi connectivity index (χ3v) is 7.52. The summed E-state index contributed by atoms with van der Waals surface area (Å²) in [5.41, 5.74) is 6.70. The maximum atomic E-state index is 6.92. The molecule has 1 aliphatic rings. The third kappa shape index (κ3) is 3.26. The van der Waals surface area contributed by atoms with Gasteiger partial charge in [-0.05, 0) is 63.4 Å². The van der Waals surface area contributed by atoms with Crippen LogP contribution in [0.25, 0.3) is 43.6 Å². The van der Waals surface area contributed by atoms with Crippen molar-refractivity contribution < 1.29 is 9.30 Å². The van der Waals surface area contributed by atoms with Gasteiger partial charge in [0.1, 0.15) is 18.5 Å². The number of hydrogen-bond donors (Lipinski definition) is 0. The van der Waals surface area contributed by atoms with Gasteiger partial charge < -0.3 is 4.74 Å². The molecule has 1 aliphatic heterocycles. The van der Waals surface area contributed by atoms with Crippen LogP contribution in [0.1, 0.15) is 57.2 Å². The van der Waals surface area contributed by atoms with Crippen LogP contribution >= 0.6 is 0 Å². The van der Waals surface area contributed by atoms with Crippen LogP contribution < -0.4 is 9.30 Å². The van der Waals surface area contributed by atoms with E-state index in [0.717, 1.165) is 17.9 Å². The second kappa shape index (κ2) is 7.55. The largest absolute Gasteiger partial charge is 0.455 e. The van der Waals surface area contributed by atoms with E-state index in [2.05, 4.69) is 114 Å². The van der Waals surface area contributed by atoms with Gasteiger partial charge in [0.2, 0.25) is 5.69 Å². The van der Waals surface area contributed by atoms with Crippen LogP contribution in [0.2, 0.25) is 0 Å². The molecule has 0 atom stereocenters. The highest BCUT2D eigenvalue weighted by Gasteiger charge is 2.34. The summed E-state index contributed by atoms with van der Waals surface area (Å²) in [5.74, 6) is 2.34. The predicted octanol–water partition coefficient (Wildman–Crippen LogP) is 8.76. The Labute approximate surface area is 208 Å². The molecule has 0 radical (unpaired) electrons. The van der Waals surface area contributed by atoms with Gasteiger partial charge in [0.15, 0.2) is 6.20 Å². The average molecular weight is 461 g/mol. The number of aromatic nitrogens is 1. The summed E-state index contributed by atoms with van der Waals surface area (Å²) in [6.45, 7) is 13.8. The fourth-order valence-corrected chi connectivity index (χ4v) is 6.17. The molecule has 35 heavy (non-hydrogen) atoms. The smallest absolute Gasteiger partial charge is 0.228 e. The fraction of sp³-hybridized carbons (Fsp3) is 0.303. The topological polar surface area (TPSA) is 13.1 Å². The lowest BCUT2D eigenvalue weighted by atomic mass is 9.83. The Morgan fingerprint density at radius 2 is 1.63 bits per heavy atom. The molecule has 2 heterocycles. The van der Waals surface area contributed by atoms with Crippen LogP contribution in [0.4, 0.5) is 0 Å². The van der Waals surface area contributed by atoms with Crippen molar-refractivity contribution in [3.05, 3.63) is 77.5 Å². The van der Waals surface area contributed by atoms with Gasteiger partial charge in [-0.15, -0.1) is 0 Å². The fourth-order valence-electron chi connectivity index (χ4n) is 6.17. The van der Waals surface area contributed by atoms with E-state index in [0.29, 0.717) is 5.92 Å².